The maximum absolute atomic E-state index is 13.6. The Balaban J connectivity index is 1.52. The molecule has 0 spiro atoms. The van der Waals surface area contributed by atoms with Crippen LogP contribution in [0.4, 0.5) is 5.69 Å². The average Bonchev–Trinajstić information content (AvgIpc) is 3.29. The molecule has 0 bridgehead atoms. The fraction of sp³-hybridized carbons (Fsp3) is 0.0417. The SMILES string of the molecule is O=C(CN1c2c(-c3cccc(Cl)c3)n[nH]c2-c2ccccc2S1(=O)=O)N/N=C/c1c(Cl)cccc1Cl. The van der Waals surface area contributed by atoms with E-state index in [-0.39, 0.29) is 10.6 Å². The van der Waals surface area contributed by atoms with Crippen LogP contribution in [0.15, 0.2) is 76.7 Å². The van der Waals surface area contributed by atoms with Crippen LogP contribution in [0, 0.1) is 0 Å². The minimum Gasteiger partial charge on any atom is -0.275 e. The van der Waals surface area contributed by atoms with Crippen LogP contribution in [0.2, 0.25) is 15.1 Å². The number of H-pyrrole nitrogens is 1. The molecule has 5 rings (SSSR count). The van der Waals surface area contributed by atoms with E-state index in [0.717, 1.165) is 4.31 Å². The molecule has 2 heterocycles. The van der Waals surface area contributed by atoms with Crippen LogP contribution in [0.5, 0.6) is 0 Å². The molecule has 1 amide bonds. The lowest BCUT2D eigenvalue weighted by atomic mass is 10.1. The molecule has 2 N–H and O–H groups in total. The number of hydrogen-bond donors (Lipinski definition) is 2. The number of hydrazone groups is 1. The van der Waals surface area contributed by atoms with Gasteiger partial charge < -0.3 is 0 Å². The van der Waals surface area contributed by atoms with E-state index in [4.69, 9.17) is 34.8 Å². The Labute approximate surface area is 221 Å². The third kappa shape index (κ3) is 4.35. The number of anilines is 1. The van der Waals surface area contributed by atoms with Gasteiger partial charge in [-0.1, -0.05) is 71.2 Å². The van der Waals surface area contributed by atoms with E-state index in [1.54, 1.807) is 60.7 Å². The molecule has 0 aliphatic carbocycles. The van der Waals surface area contributed by atoms with Gasteiger partial charge in [0.25, 0.3) is 15.9 Å². The highest BCUT2D eigenvalue weighted by Crippen LogP contribution is 2.46. The summed E-state index contributed by atoms with van der Waals surface area (Å²) >= 11 is 18.4. The third-order valence-corrected chi connectivity index (χ3v) is 8.18. The Kier molecular flexibility index (Phi) is 6.48. The number of halogens is 3. The van der Waals surface area contributed by atoms with Crippen LogP contribution in [0.3, 0.4) is 0 Å². The first-order valence-corrected chi connectivity index (χ1v) is 13.1. The number of aromatic nitrogens is 2. The van der Waals surface area contributed by atoms with Crippen LogP contribution in [0.25, 0.3) is 22.5 Å². The van der Waals surface area contributed by atoms with Gasteiger partial charge in [-0.2, -0.15) is 10.2 Å². The molecule has 12 heteroatoms. The minimum atomic E-state index is -4.11. The van der Waals surface area contributed by atoms with E-state index in [2.05, 4.69) is 20.7 Å². The van der Waals surface area contributed by atoms with Crippen molar-refractivity contribution in [3.63, 3.8) is 0 Å². The van der Waals surface area contributed by atoms with E-state index in [1.165, 1.54) is 12.3 Å². The zero-order valence-corrected chi connectivity index (χ0v) is 21.3. The number of carbonyl (C=O) groups excluding carboxylic acids is 1. The standard InChI is InChI=1S/C24H16Cl3N5O3S/c25-15-6-3-5-14(11-15)22-24-23(31-30-22)16-7-1-2-10-20(16)36(34,35)32(24)13-21(33)29-28-12-17-18(26)8-4-9-19(17)27/h1-12H,13H2,(H,29,33)(H,30,31)/b28-12+. The molecule has 4 aromatic rings. The molecular weight excluding hydrogens is 545 g/mol. The second kappa shape index (κ2) is 9.59. The normalized spacial score (nSPS) is 13.9. The molecule has 0 unspecified atom stereocenters. The van der Waals surface area contributed by atoms with Crippen molar-refractivity contribution in [2.45, 2.75) is 4.90 Å². The number of carbonyl (C=O) groups is 1. The highest BCUT2D eigenvalue weighted by Gasteiger charge is 2.39. The van der Waals surface area contributed by atoms with E-state index < -0.39 is 22.5 Å². The topological polar surface area (TPSA) is 108 Å². The number of hydrogen-bond acceptors (Lipinski definition) is 5. The molecule has 3 aromatic carbocycles. The van der Waals surface area contributed by atoms with Crippen LogP contribution >= 0.6 is 34.8 Å². The van der Waals surface area contributed by atoms with Gasteiger partial charge in [0, 0.05) is 21.7 Å². The molecule has 1 aromatic heterocycles. The molecule has 0 saturated heterocycles. The van der Waals surface area contributed by atoms with Gasteiger partial charge in [-0.05, 0) is 30.3 Å². The lowest BCUT2D eigenvalue weighted by Crippen LogP contribution is -2.41. The van der Waals surface area contributed by atoms with Gasteiger partial charge in [0.1, 0.15) is 17.9 Å². The van der Waals surface area contributed by atoms with Crippen LogP contribution in [-0.2, 0) is 14.8 Å². The maximum atomic E-state index is 13.6. The zero-order valence-electron chi connectivity index (χ0n) is 18.2. The fourth-order valence-corrected chi connectivity index (χ4v) is 6.20. The third-order valence-electron chi connectivity index (χ3n) is 5.48. The number of aromatic amines is 1. The van der Waals surface area contributed by atoms with Crippen molar-refractivity contribution in [3.8, 4) is 22.5 Å². The molecule has 36 heavy (non-hydrogen) atoms. The summed E-state index contributed by atoms with van der Waals surface area (Å²) in [6.07, 6.45) is 1.29. The average molecular weight is 561 g/mol. The van der Waals surface area contributed by atoms with Crippen molar-refractivity contribution < 1.29 is 13.2 Å². The van der Waals surface area contributed by atoms with Gasteiger partial charge in [-0.3, -0.25) is 14.2 Å². The Morgan fingerprint density at radius 3 is 2.50 bits per heavy atom. The first-order valence-electron chi connectivity index (χ1n) is 10.5. The summed E-state index contributed by atoms with van der Waals surface area (Å²) in [5.74, 6) is -0.679. The Hall–Kier alpha value is -3.37. The molecule has 1 aliphatic heterocycles. The van der Waals surface area contributed by atoms with Crippen molar-refractivity contribution in [3.05, 3.63) is 87.4 Å². The fourth-order valence-electron chi connectivity index (χ4n) is 3.87. The van der Waals surface area contributed by atoms with Gasteiger partial charge in [-0.25, -0.2) is 13.8 Å². The molecular formula is C24H16Cl3N5O3S. The monoisotopic (exact) mass is 559 g/mol. The second-order valence-electron chi connectivity index (χ2n) is 7.74. The predicted molar refractivity (Wildman–Crippen MR) is 141 cm³/mol. The molecule has 0 atom stereocenters. The summed E-state index contributed by atoms with van der Waals surface area (Å²) in [5.41, 5.74) is 4.85. The van der Waals surface area contributed by atoms with Crippen LogP contribution in [0.1, 0.15) is 5.56 Å². The summed E-state index contributed by atoms with van der Waals surface area (Å²) in [6, 6.07) is 18.3. The Morgan fingerprint density at radius 1 is 1.03 bits per heavy atom. The summed E-state index contributed by atoms with van der Waals surface area (Å²) in [4.78, 5) is 12.9. The van der Waals surface area contributed by atoms with Crippen molar-refractivity contribution >= 4 is 62.6 Å². The van der Waals surface area contributed by atoms with Crippen molar-refractivity contribution in [1.82, 2.24) is 15.6 Å². The molecule has 0 saturated carbocycles. The van der Waals surface area contributed by atoms with Gasteiger partial charge >= 0.3 is 0 Å². The predicted octanol–water partition coefficient (Wildman–Crippen LogP) is 5.36. The summed E-state index contributed by atoms with van der Waals surface area (Å²) in [5, 5.41) is 12.4. The van der Waals surface area contributed by atoms with Crippen LogP contribution < -0.4 is 9.73 Å². The first-order chi connectivity index (χ1) is 17.3. The van der Waals surface area contributed by atoms with E-state index >= 15 is 0 Å². The van der Waals surface area contributed by atoms with Crippen molar-refractivity contribution in [2.75, 3.05) is 10.8 Å². The van der Waals surface area contributed by atoms with Gasteiger partial charge in [0.2, 0.25) is 0 Å². The lowest BCUT2D eigenvalue weighted by molar-refractivity contribution is -0.119. The minimum absolute atomic E-state index is 0.0537. The first kappa shape index (κ1) is 24.3. The van der Waals surface area contributed by atoms with Gasteiger partial charge in [-0.15, -0.1) is 0 Å². The number of amides is 1. The summed E-state index contributed by atoms with van der Waals surface area (Å²) in [7, 11) is -4.11. The van der Waals surface area contributed by atoms with Crippen molar-refractivity contribution in [1.29, 1.82) is 0 Å². The zero-order chi connectivity index (χ0) is 25.4. The number of rotatable bonds is 5. The number of nitrogens with one attached hydrogen (secondary N) is 2. The molecule has 0 fully saturated rings. The molecule has 182 valence electrons. The Bertz CT molecular complexity index is 1620. The quantitative estimate of drug-likeness (QED) is 0.253. The van der Waals surface area contributed by atoms with Crippen LogP contribution in [-0.4, -0.2) is 37.3 Å². The highest BCUT2D eigenvalue weighted by atomic mass is 35.5. The number of nitrogens with zero attached hydrogens (tertiary/aromatic N) is 3. The Morgan fingerprint density at radius 2 is 1.75 bits per heavy atom. The highest BCUT2D eigenvalue weighted by molar-refractivity contribution is 7.93. The van der Waals surface area contributed by atoms with E-state index in [0.29, 0.717) is 43.1 Å². The second-order valence-corrected chi connectivity index (χ2v) is 10.8. The lowest BCUT2D eigenvalue weighted by Gasteiger charge is -2.29. The maximum Gasteiger partial charge on any atom is 0.265 e. The van der Waals surface area contributed by atoms with E-state index in [1.807, 2.05) is 0 Å². The summed E-state index contributed by atoms with van der Waals surface area (Å²) < 4.78 is 28.3. The van der Waals surface area contributed by atoms with Gasteiger partial charge in [0.15, 0.2) is 0 Å². The number of fused-ring (bicyclic) bond motifs is 3. The smallest absolute Gasteiger partial charge is 0.265 e. The largest absolute Gasteiger partial charge is 0.275 e. The molecule has 8 nitrogen and oxygen atoms in total. The van der Waals surface area contributed by atoms with E-state index in [9.17, 15) is 13.2 Å². The van der Waals surface area contributed by atoms with Gasteiger partial charge in [0.05, 0.1) is 26.8 Å². The number of sulfonamides is 1. The van der Waals surface area contributed by atoms with Crippen molar-refractivity contribution in [2.24, 2.45) is 5.10 Å². The molecule has 0 radical (unpaired) electrons. The summed E-state index contributed by atoms with van der Waals surface area (Å²) in [6.45, 7) is -0.551. The number of benzene rings is 3. The molecule has 1 aliphatic rings.